The van der Waals surface area contributed by atoms with Gasteiger partial charge in [0.05, 0.1) is 5.69 Å². The minimum Gasteiger partial charge on any atom is -0.356 e. The molecule has 1 aromatic heterocycles. The number of hydrogen-bond donors (Lipinski definition) is 1. The van der Waals surface area contributed by atoms with E-state index in [9.17, 15) is 0 Å². The van der Waals surface area contributed by atoms with Crippen LogP contribution in [-0.4, -0.2) is 5.16 Å². The maximum absolute atomic E-state index is 5.22. The third-order valence-corrected chi connectivity index (χ3v) is 2.46. The van der Waals surface area contributed by atoms with Gasteiger partial charge in [-0.2, -0.15) is 12.6 Å². The molecule has 0 bridgehead atoms. The third kappa shape index (κ3) is 1.68. The van der Waals surface area contributed by atoms with E-state index >= 15 is 0 Å². The van der Waals surface area contributed by atoms with Crippen LogP contribution in [-0.2, 0) is 5.75 Å². The Labute approximate surface area is 88.3 Å². The van der Waals surface area contributed by atoms with Crippen molar-refractivity contribution in [2.75, 3.05) is 0 Å². The van der Waals surface area contributed by atoms with Gasteiger partial charge in [0, 0.05) is 17.4 Å². The Kier molecular flexibility index (Phi) is 2.59. The molecule has 0 saturated carbocycles. The van der Waals surface area contributed by atoms with Gasteiger partial charge < -0.3 is 4.52 Å². The molecule has 3 heteroatoms. The van der Waals surface area contributed by atoms with Crippen LogP contribution in [0, 0.1) is 6.92 Å². The van der Waals surface area contributed by atoms with Gasteiger partial charge in [-0.3, -0.25) is 0 Å². The third-order valence-electron chi connectivity index (χ3n) is 2.13. The largest absolute Gasteiger partial charge is 0.356 e. The first-order valence-corrected chi connectivity index (χ1v) is 5.07. The smallest absolute Gasteiger partial charge is 0.167 e. The van der Waals surface area contributed by atoms with Crippen molar-refractivity contribution < 1.29 is 4.52 Å². The molecular weight excluding hydrogens is 194 g/mol. The first kappa shape index (κ1) is 9.34. The molecule has 0 unspecified atom stereocenters. The number of nitrogens with zero attached hydrogens (tertiary/aromatic N) is 1. The van der Waals surface area contributed by atoms with E-state index in [1.54, 1.807) is 0 Å². The average molecular weight is 205 g/mol. The Hall–Kier alpha value is -1.22. The minimum atomic E-state index is 0.607. The quantitative estimate of drug-likeness (QED) is 0.762. The molecule has 2 rings (SSSR count). The van der Waals surface area contributed by atoms with Crippen LogP contribution < -0.4 is 0 Å². The molecule has 14 heavy (non-hydrogen) atoms. The van der Waals surface area contributed by atoms with E-state index in [4.69, 9.17) is 4.52 Å². The fourth-order valence-corrected chi connectivity index (χ4v) is 1.51. The number of benzene rings is 1. The highest BCUT2D eigenvalue weighted by Crippen LogP contribution is 2.23. The van der Waals surface area contributed by atoms with Crippen molar-refractivity contribution >= 4 is 12.6 Å². The summed E-state index contributed by atoms with van der Waals surface area (Å²) in [7, 11) is 0. The molecule has 0 N–H and O–H groups in total. The molecule has 0 fully saturated rings. The van der Waals surface area contributed by atoms with Gasteiger partial charge in [0.1, 0.15) is 0 Å². The Balaban J connectivity index is 2.44. The van der Waals surface area contributed by atoms with Crippen LogP contribution in [0.4, 0.5) is 0 Å². The molecule has 2 nitrogen and oxygen atoms in total. The zero-order valence-corrected chi connectivity index (χ0v) is 8.79. The Morgan fingerprint density at radius 3 is 2.79 bits per heavy atom. The van der Waals surface area contributed by atoms with Gasteiger partial charge in [-0.05, 0) is 12.5 Å². The summed E-state index contributed by atoms with van der Waals surface area (Å²) < 4.78 is 5.22. The molecule has 0 aliphatic carbocycles. The summed E-state index contributed by atoms with van der Waals surface area (Å²) in [5, 5.41) is 3.90. The Morgan fingerprint density at radius 2 is 2.14 bits per heavy atom. The van der Waals surface area contributed by atoms with Gasteiger partial charge in [-0.25, -0.2) is 0 Å². The van der Waals surface area contributed by atoms with Crippen molar-refractivity contribution in [3.05, 3.63) is 41.6 Å². The van der Waals surface area contributed by atoms with E-state index in [0.717, 1.165) is 17.0 Å². The summed E-state index contributed by atoms with van der Waals surface area (Å²) in [6.07, 6.45) is 0. The lowest BCUT2D eigenvalue weighted by atomic mass is 10.1. The van der Waals surface area contributed by atoms with Crippen LogP contribution in [0.1, 0.15) is 11.3 Å². The Morgan fingerprint density at radius 1 is 1.36 bits per heavy atom. The number of thiol groups is 1. The average Bonchev–Trinajstić information content (AvgIpc) is 2.67. The van der Waals surface area contributed by atoms with Crippen LogP contribution in [0.2, 0.25) is 0 Å². The highest BCUT2D eigenvalue weighted by molar-refractivity contribution is 7.79. The van der Waals surface area contributed by atoms with E-state index in [0.29, 0.717) is 5.75 Å². The molecular formula is C11H11NOS. The lowest BCUT2D eigenvalue weighted by molar-refractivity contribution is 0.426. The first-order chi connectivity index (χ1) is 6.81. The zero-order chi connectivity index (χ0) is 9.97. The predicted octanol–water partition coefficient (Wildman–Crippen LogP) is 3.08. The minimum absolute atomic E-state index is 0.607. The number of hydrogen-bond acceptors (Lipinski definition) is 3. The number of aromatic nitrogens is 1. The second-order valence-electron chi connectivity index (χ2n) is 3.16. The molecule has 0 saturated heterocycles. The number of rotatable bonds is 2. The molecule has 0 atom stereocenters. The SMILES string of the molecule is Cc1ccccc1-c1cc(CS)no1. The van der Waals surface area contributed by atoms with Crippen LogP contribution in [0.5, 0.6) is 0 Å². The molecule has 0 spiro atoms. The van der Waals surface area contributed by atoms with Crippen molar-refractivity contribution in [2.45, 2.75) is 12.7 Å². The highest BCUT2D eigenvalue weighted by atomic mass is 32.1. The lowest BCUT2D eigenvalue weighted by Crippen LogP contribution is -1.78. The molecule has 2 aromatic rings. The second-order valence-corrected chi connectivity index (χ2v) is 3.47. The van der Waals surface area contributed by atoms with E-state index in [-0.39, 0.29) is 0 Å². The topological polar surface area (TPSA) is 26.0 Å². The maximum Gasteiger partial charge on any atom is 0.167 e. The van der Waals surface area contributed by atoms with Gasteiger partial charge in [0.2, 0.25) is 0 Å². The van der Waals surface area contributed by atoms with Crippen LogP contribution in [0.15, 0.2) is 34.9 Å². The van der Waals surface area contributed by atoms with E-state index in [1.165, 1.54) is 5.56 Å². The van der Waals surface area contributed by atoms with Gasteiger partial charge in [0.25, 0.3) is 0 Å². The summed E-state index contributed by atoms with van der Waals surface area (Å²) in [5.74, 6) is 1.42. The van der Waals surface area contributed by atoms with Crippen molar-refractivity contribution in [1.29, 1.82) is 0 Å². The van der Waals surface area contributed by atoms with E-state index < -0.39 is 0 Å². The highest BCUT2D eigenvalue weighted by Gasteiger charge is 2.07. The summed E-state index contributed by atoms with van der Waals surface area (Å²) in [5.41, 5.74) is 3.15. The van der Waals surface area contributed by atoms with Crippen LogP contribution in [0.3, 0.4) is 0 Å². The van der Waals surface area contributed by atoms with Crippen LogP contribution >= 0.6 is 12.6 Å². The van der Waals surface area contributed by atoms with Crippen molar-refractivity contribution in [3.8, 4) is 11.3 Å². The summed E-state index contributed by atoms with van der Waals surface area (Å²) in [4.78, 5) is 0. The molecule has 0 aliphatic heterocycles. The van der Waals surface area contributed by atoms with Gasteiger partial charge >= 0.3 is 0 Å². The first-order valence-electron chi connectivity index (χ1n) is 4.43. The molecule has 1 aromatic carbocycles. The summed E-state index contributed by atoms with van der Waals surface area (Å²) >= 11 is 4.14. The molecule has 1 heterocycles. The maximum atomic E-state index is 5.22. The molecule has 0 amide bonds. The van der Waals surface area contributed by atoms with Crippen molar-refractivity contribution in [1.82, 2.24) is 5.16 Å². The number of aryl methyl sites for hydroxylation is 1. The van der Waals surface area contributed by atoms with Crippen molar-refractivity contribution in [3.63, 3.8) is 0 Å². The monoisotopic (exact) mass is 205 g/mol. The Bertz CT molecular complexity index is 436. The molecule has 72 valence electrons. The van der Waals surface area contributed by atoms with E-state index in [1.807, 2.05) is 24.3 Å². The van der Waals surface area contributed by atoms with Crippen LogP contribution in [0.25, 0.3) is 11.3 Å². The van der Waals surface area contributed by atoms with Gasteiger partial charge in [0.15, 0.2) is 5.76 Å². The molecule has 0 radical (unpaired) electrons. The predicted molar refractivity (Wildman–Crippen MR) is 59.4 cm³/mol. The standard InChI is InChI=1S/C11H11NOS/c1-8-4-2-3-5-10(8)11-6-9(7-14)12-13-11/h2-6,14H,7H2,1H3. The molecule has 0 aliphatic rings. The summed E-state index contributed by atoms with van der Waals surface area (Å²) in [6, 6.07) is 10.0. The van der Waals surface area contributed by atoms with E-state index in [2.05, 4.69) is 30.8 Å². The lowest BCUT2D eigenvalue weighted by Gasteiger charge is -1.98. The fourth-order valence-electron chi connectivity index (χ4n) is 1.36. The summed E-state index contributed by atoms with van der Waals surface area (Å²) in [6.45, 7) is 2.05. The fraction of sp³-hybridized carbons (Fsp3) is 0.182. The van der Waals surface area contributed by atoms with Crippen molar-refractivity contribution in [2.24, 2.45) is 0 Å². The zero-order valence-electron chi connectivity index (χ0n) is 7.90. The van der Waals surface area contributed by atoms with Gasteiger partial charge in [-0.1, -0.05) is 29.4 Å². The van der Waals surface area contributed by atoms with Gasteiger partial charge in [-0.15, -0.1) is 0 Å². The normalized spacial score (nSPS) is 10.4. The second kappa shape index (κ2) is 3.88.